The van der Waals surface area contributed by atoms with Gasteiger partial charge in [-0.15, -0.1) is 0 Å². The molecular formula is C18H32N2O. The van der Waals surface area contributed by atoms with Gasteiger partial charge in [-0.3, -0.25) is 4.90 Å². The fourth-order valence-electron chi connectivity index (χ4n) is 3.45. The molecule has 0 saturated heterocycles. The highest BCUT2D eigenvalue weighted by molar-refractivity contribution is 5.17. The van der Waals surface area contributed by atoms with Gasteiger partial charge in [-0.1, -0.05) is 33.6 Å². The minimum absolute atomic E-state index is 0.686. The molecule has 0 amide bonds. The van der Waals surface area contributed by atoms with Crippen LogP contribution in [-0.2, 0) is 13.1 Å². The predicted molar refractivity (Wildman–Crippen MR) is 88.1 cm³/mol. The lowest BCUT2D eigenvalue weighted by molar-refractivity contribution is 0.125. The average Bonchev–Trinajstić information content (AvgIpc) is 2.86. The minimum Gasteiger partial charge on any atom is -0.468 e. The van der Waals surface area contributed by atoms with Crippen molar-refractivity contribution in [3.05, 3.63) is 23.7 Å². The third-order valence-corrected chi connectivity index (χ3v) is 4.73. The zero-order chi connectivity index (χ0) is 15.2. The van der Waals surface area contributed by atoms with E-state index in [1.54, 1.807) is 0 Å². The van der Waals surface area contributed by atoms with Gasteiger partial charge in [0.25, 0.3) is 0 Å². The van der Waals surface area contributed by atoms with Crippen molar-refractivity contribution in [2.24, 2.45) is 11.8 Å². The summed E-state index contributed by atoms with van der Waals surface area (Å²) in [6.45, 7) is 9.77. The molecule has 0 radical (unpaired) electrons. The Morgan fingerprint density at radius 2 is 2.10 bits per heavy atom. The van der Waals surface area contributed by atoms with Crippen molar-refractivity contribution in [1.82, 2.24) is 10.2 Å². The van der Waals surface area contributed by atoms with Crippen LogP contribution in [0.2, 0.25) is 0 Å². The number of hydrogen-bond donors (Lipinski definition) is 1. The quantitative estimate of drug-likeness (QED) is 0.822. The Labute approximate surface area is 130 Å². The van der Waals surface area contributed by atoms with E-state index in [4.69, 9.17) is 4.42 Å². The van der Waals surface area contributed by atoms with E-state index in [9.17, 15) is 0 Å². The smallest absolute Gasteiger partial charge is 0.122 e. The van der Waals surface area contributed by atoms with Gasteiger partial charge in [0.2, 0.25) is 0 Å². The van der Waals surface area contributed by atoms with E-state index in [1.807, 2.05) is 6.26 Å². The molecule has 3 nitrogen and oxygen atoms in total. The molecule has 1 fully saturated rings. The van der Waals surface area contributed by atoms with Crippen LogP contribution in [0.3, 0.4) is 0 Å². The molecule has 0 aliphatic heterocycles. The summed E-state index contributed by atoms with van der Waals surface area (Å²) in [5, 5.41) is 3.51. The molecule has 2 rings (SSSR count). The monoisotopic (exact) mass is 292 g/mol. The Balaban J connectivity index is 1.88. The molecule has 1 aromatic rings. The second-order valence-electron chi connectivity index (χ2n) is 7.14. The maximum absolute atomic E-state index is 5.74. The highest BCUT2D eigenvalue weighted by Gasteiger charge is 2.25. The standard InChI is InChI=1S/C18H32N2O/c1-14(2)11-19-12-16-9-10-21-18(16)13-20(4)17-8-6-5-7-15(17)3/h9-10,14-15,17,19H,5-8,11-13H2,1-4H3. The van der Waals surface area contributed by atoms with Gasteiger partial charge >= 0.3 is 0 Å². The second-order valence-corrected chi connectivity index (χ2v) is 7.14. The van der Waals surface area contributed by atoms with Crippen LogP contribution >= 0.6 is 0 Å². The van der Waals surface area contributed by atoms with Gasteiger partial charge in [-0.25, -0.2) is 0 Å². The molecular weight excluding hydrogens is 260 g/mol. The molecule has 1 aliphatic rings. The summed E-state index contributed by atoms with van der Waals surface area (Å²) in [6, 6.07) is 2.82. The zero-order valence-electron chi connectivity index (χ0n) is 14.2. The Bertz CT molecular complexity index is 413. The van der Waals surface area contributed by atoms with Crippen molar-refractivity contribution >= 4 is 0 Å². The molecule has 3 heteroatoms. The van der Waals surface area contributed by atoms with Gasteiger partial charge in [-0.05, 0) is 44.3 Å². The van der Waals surface area contributed by atoms with Crippen molar-refractivity contribution in [3.8, 4) is 0 Å². The zero-order valence-corrected chi connectivity index (χ0v) is 14.2. The fourth-order valence-corrected chi connectivity index (χ4v) is 3.45. The third-order valence-electron chi connectivity index (χ3n) is 4.73. The number of furan rings is 1. The van der Waals surface area contributed by atoms with Gasteiger partial charge in [0, 0.05) is 18.2 Å². The van der Waals surface area contributed by atoms with E-state index in [2.05, 4.69) is 44.1 Å². The van der Waals surface area contributed by atoms with Crippen LogP contribution in [0.25, 0.3) is 0 Å². The van der Waals surface area contributed by atoms with Gasteiger partial charge in [-0.2, -0.15) is 0 Å². The van der Waals surface area contributed by atoms with Crippen molar-refractivity contribution in [2.75, 3.05) is 13.6 Å². The molecule has 21 heavy (non-hydrogen) atoms. The van der Waals surface area contributed by atoms with Crippen LogP contribution < -0.4 is 5.32 Å². The number of hydrogen-bond acceptors (Lipinski definition) is 3. The number of nitrogens with zero attached hydrogens (tertiary/aromatic N) is 1. The molecule has 0 spiro atoms. The lowest BCUT2D eigenvalue weighted by Crippen LogP contribution is -2.38. The molecule has 0 aromatic carbocycles. The Kier molecular flexibility index (Phi) is 6.31. The number of nitrogens with one attached hydrogen (secondary N) is 1. The first-order valence-corrected chi connectivity index (χ1v) is 8.54. The van der Waals surface area contributed by atoms with E-state index in [0.717, 1.165) is 31.3 Å². The molecule has 1 aromatic heterocycles. The van der Waals surface area contributed by atoms with E-state index in [1.165, 1.54) is 31.2 Å². The highest BCUT2D eigenvalue weighted by Crippen LogP contribution is 2.28. The molecule has 2 unspecified atom stereocenters. The van der Waals surface area contributed by atoms with Gasteiger partial charge in [0.1, 0.15) is 5.76 Å². The first kappa shape index (κ1) is 16.6. The van der Waals surface area contributed by atoms with Gasteiger partial charge in [0.15, 0.2) is 0 Å². The maximum Gasteiger partial charge on any atom is 0.122 e. The Morgan fingerprint density at radius 1 is 1.33 bits per heavy atom. The summed E-state index contributed by atoms with van der Waals surface area (Å²) >= 11 is 0. The lowest BCUT2D eigenvalue weighted by atomic mass is 9.85. The van der Waals surface area contributed by atoms with Gasteiger partial charge < -0.3 is 9.73 Å². The molecule has 1 N–H and O–H groups in total. The van der Waals surface area contributed by atoms with E-state index < -0.39 is 0 Å². The average molecular weight is 292 g/mol. The van der Waals surface area contributed by atoms with E-state index >= 15 is 0 Å². The molecule has 120 valence electrons. The predicted octanol–water partition coefficient (Wildman–Crippen LogP) is 4.04. The van der Waals surface area contributed by atoms with Crippen molar-refractivity contribution in [3.63, 3.8) is 0 Å². The van der Waals surface area contributed by atoms with Gasteiger partial charge in [0.05, 0.1) is 12.8 Å². The van der Waals surface area contributed by atoms with Crippen LogP contribution in [0.1, 0.15) is 57.8 Å². The minimum atomic E-state index is 0.686. The summed E-state index contributed by atoms with van der Waals surface area (Å²) in [7, 11) is 2.25. The number of rotatable bonds is 7. The Morgan fingerprint density at radius 3 is 2.81 bits per heavy atom. The van der Waals surface area contributed by atoms with Crippen LogP contribution in [-0.4, -0.2) is 24.5 Å². The fraction of sp³-hybridized carbons (Fsp3) is 0.778. The summed E-state index contributed by atoms with van der Waals surface area (Å²) in [5.41, 5.74) is 1.31. The summed E-state index contributed by atoms with van der Waals surface area (Å²) in [5.74, 6) is 2.62. The van der Waals surface area contributed by atoms with Crippen LogP contribution in [0, 0.1) is 11.8 Å². The highest BCUT2D eigenvalue weighted by atomic mass is 16.3. The summed E-state index contributed by atoms with van der Waals surface area (Å²) < 4.78 is 5.74. The van der Waals surface area contributed by atoms with E-state index in [-0.39, 0.29) is 0 Å². The molecule has 2 atom stereocenters. The molecule has 1 saturated carbocycles. The van der Waals surface area contributed by atoms with Crippen LogP contribution in [0.5, 0.6) is 0 Å². The van der Waals surface area contributed by atoms with E-state index in [0.29, 0.717) is 12.0 Å². The molecule has 1 heterocycles. The SMILES string of the molecule is CC(C)CNCc1ccoc1CN(C)C1CCCCC1C. The maximum atomic E-state index is 5.74. The molecule has 1 aliphatic carbocycles. The van der Waals surface area contributed by atoms with Crippen LogP contribution in [0.4, 0.5) is 0 Å². The van der Waals surface area contributed by atoms with Crippen LogP contribution in [0.15, 0.2) is 16.7 Å². The first-order chi connectivity index (χ1) is 10.1. The lowest BCUT2D eigenvalue weighted by Gasteiger charge is -2.36. The van der Waals surface area contributed by atoms with Crippen molar-refractivity contribution < 1.29 is 4.42 Å². The van der Waals surface area contributed by atoms with Crippen molar-refractivity contribution in [2.45, 2.75) is 65.6 Å². The topological polar surface area (TPSA) is 28.4 Å². The third kappa shape index (κ3) is 4.86. The summed E-state index contributed by atoms with van der Waals surface area (Å²) in [6.07, 6.45) is 7.31. The largest absolute Gasteiger partial charge is 0.468 e. The van der Waals surface area contributed by atoms with Crippen molar-refractivity contribution in [1.29, 1.82) is 0 Å². The normalized spacial score (nSPS) is 23.1. The molecule has 0 bridgehead atoms. The summed E-state index contributed by atoms with van der Waals surface area (Å²) in [4.78, 5) is 2.49. The first-order valence-electron chi connectivity index (χ1n) is 8.54. The Hall–Kier alpha value is -0.800. The second kappa shape index (κ2) is 8.00.